The van der Waals surface area contributed by atoms with Crippen molar-refractivity contribution in [3.63, 3.8) is 0 Å². The van der Waals surface area contributed by atoms with Gasteiger partial charge in [0.05, 0.1) is 11.5 Å². The van der Waals surface area contributed by atoms with Gasteiger partial charge in [-0.1, -0.05) is 31.9 Å². The molecule has 0 radical (unpaired) electrons. The topological polar surface area (TPSA) is 81.4 Å². The Bertz CT molecular complexity index is 758. The average Bonchev–Trinajstić information content (AvgIpc) is 2.59. The number of hydrogen-bond donors (Lipinski definition) is 2. The average molecular weight is 362 g/mol. The molecule has 3 N–H and O–H groups in total. The third-order valence-electron chi connectivity index (χ3n) is 3.81. The van der Waals surface area contributed by atoms with Crippen molar-refractivity contribution in [3.8, 4) is 5.75 Å². The van der Waals surface area contributed by atoms with Gasteiger partial charge in [-0.25, -0.2) is 13.1 Å². The molecular weight excluding hydrogens is 336 g/mol. The van der Waals surface area contributed by atoms with Crippen LogP contribution in [0.3, 0.4) is 0 Å². The number of ether oxygens (including phenoxy) is 1. The van der Waals surface area contributed by atoms with Gasteiger partial charge in [-0.2, -0.15) is 0 Å². The second-order valence-electron chi connectivity index (χ2n) is 5.92. The summed E-state index contributed by atoms with van der Waals surface area (Å²) in [5, 5.41) is 0. The minimum Gasteiger partial charge on any atom is -0.494 e. The Morgan fingerprint density at radius 3 is 2.56 bits per heavy atom. The largest absolute Gasteiger partial charge is 0.494 e. The number of nitrogens with one attached hydrogen (secondary N) is 1. The predicted octanol–water partition coefficient (Wildman–Crippen LogP) is 3.36. The second kappa shape index (κ2) is 9.44. The van der Waals surface area contributed by atoms with Crippen LogP contribution in [0.1, 0.15) is 31.7 Å². The van der Waals surface area contributed by atoms with E-state index >= 15 is 0 Å². The van der Waals surface area contributed by atoms with Crippen LogP contribution in [0.25, 0.3) is 0 Å². The molecule has 0 saturated heterocycles. The highest BCUT2D eigenvalue weighted by Crippen LogP contribution is 2.15. The Labute approximate surface area is 150 Å². The Morgan fingerprint density at radius 2 is 1.84 bits per heavy atom. The number of sulfonamides is 1. The first-order valence-electron chi connectivity index (χ1n) is 8.58. The lowest BCUT2D eigenvalue weighted by atomic mass is 10.1. The van der Waals surface area contributed by atoms with Crippen LogP contribution in [-0.4, -0.2) is 21.6 Å². The molecule has 0 atom stereocenters. The van der Waals surface area contributed by atoms with Gasteiger partial charge in [0, 0.05) is 12.2 Å². The molecule has 0 fully saturated rings. The molecule has 0 saturated carbocycles. The van der Waals surface area contributed by atoms with Crippen LogP contribution in [0.15, 0.2) is 53.4 Å². The van der Waals surface area contributed by atoms with Crippen molar-refractivity contribution in [3.05, 3.63) is 54.1 Å². The maximum atomic E-state index is 12.2. The number of rotatable bonds is 10. The molecular formula is C19H26N2O3S. The quantitative estimate of drug-likeness (QED) is 0.502. The molecule has 0 aliphatic heterocycles. The van der Waals surface area contributed by atoms with Crippen LogP contribution in [0.2, 0.25) is 0 Å². The van der Waals surface area contributed by atoms with Crippen LogP contribution in [0, 0.1) is 0 Å². The number of hydrogen-bond acceptors (Lipinski definition) is 4. The molecule has 2 aromatic carbocycles. The summed E-state index contributed by atoms with van der Waals surface area (Å²) >= 11 is 0. The molecule has 0 unspecified atom stereocenters. The number of nitrogens with two attached hydrogens (primary N) is 1. The molecule has 2 rings (SSSR count). The maximum Gasteiger partial charge on any atom is 0.240 e. The highest BCUT2D eigenvalue weighted by Gasteiger charge is 2.12. The summed E-state index contributed by atoms with van der Waals surface area (Å²) in [6.45, 7) is 3.19. The van der Waals surface area contributed by atoms with Gasteiger partial charge in [-0.3, -0.25) is 0 Å². The van der Waals surface area contributed by atoms with E-state index in [-0.39, 0.29) is 4.90 Å². The summed E-state index contributed by atoms with van der Waals surface area (Å²) in [7, 11) is -3.51. The minimum atomic E-state index is -3.51. The number of unbranched alkanes of at least 4 members (excludes halogenated alkanes) is 2. The summed E-state index contributed by atoms with van der Waals surface area (Å²) < 4.78 is 32.8. The van der Waals surface area contributed by atoms with Gasteiger partial charge in [0.1, 0.15) is 5.75 Å². The molecule has 0 bridgehead atoms. The third-order valence-corrected chi connectivity index (χ3v) is 5.29. The van der Waals surface area contributed by atoms with Crippen molar-refractivity contribution < 1.29 is 13.2 Å². The summed E-state index contributed by atoms with van der Waals surface area (Å²) in [5.41, 5.74) is 7.16. The maximum absolute atomic E-state index is 12.2. The number of benzene rings is 2. The van der Waals surface area contributed by atoms with Gasteiger partial charge in [0.25, 0.3) is 0 Å². The van der Waals surface area contributed by atoms with Crippen molar-refractivity contribution >= 4 is 15.7 Å². The SMILES string of the molecule is CCCCCOc1cccc(CCNS(=O)(=O)c2ccc(N)cc2)c1. The van der Waals surface area contributed by atoms with Crippen molar-refractivity contribution in [2.75, 3.05) is 18.9 Å². The summed E-state index contributed by atoms with van der Waals surface area (Å²) in [6.07, 6.45) is 3.96. The summed E-state index contributed by atoms with van der Waals surface area (Å²) in [6, 6.07) is 13.9. The lowest BCUT2D eigenvalue weighted by molar-refractivity contribution is 0.306. The fourth-order valence-corrected chi connectivity index (χ4v) is 3.42. The lowest BCUT2D eigenvalue weighted by Crippen LogP contribution is -2.26. The van der Waals surface area contributed by atoms with Crippen LogP contribution < -0.4 is 15.2 Å². The summed E-state index contributed by atoms with van der Waals surface area (Å²) in [5.74, 6) is 0.829. The van der Waals surface area contributed by atoms with Crippen molar-refractivity contribution in [1.82, 2.24) is 4.72 Å². The van der Waals surface area contributed by atoms with Crippen LogP contribution in [0.5, 0.6) is 5.75 Å². The predicted molar refractivity (Wildman–Crippen MR) is 101 cm³/mol. The van der Waals surface area contributed by atoms with Crippen molar-refractivity contribution in [2.45, 2.75) is 37.5 Å². The third kappa shape index (κ3) is 6.40. The monoisotopic (exact) mass is 362 g/mol. The summed E-state index contributed by atoms with van der Waals surface area (Å²) in [4.78, 5) is 0.217. The molecule has 0 heterocycles. The molecule has 2 aromatic rings. The molecule has 0 aromatic heterocycles. The molecule has 0 spiro atoms. The highest BCUT2D eigenvalue weighted by molar-refractivity contribution is 7.89. The standard InChI is InChI=1S/C19H26N2O3S/c1-2-3-4-14-24-18-7-5-6-16(15-18)12-13-21-25(22,23)19-10-8-17(20)9-11-19/h5-11,15,21H,2-4,12-14,20H2,1H3. The van der Waals surface area contributed by atoms with Crippen molar-refractivity contribution in [1.29, 1.82) is 0 Å². The Hall–Kier alpha value is -2.05. The first-order chi connectivity index (χ1) is 12.0. The normalized spacial score (nSPS) is 11.4. The Balaban J connectivity index is 1.85. The first-order valence-corrected chi connectivity index (χ1v) is 10.1. The van der Waals surface area contributed by atoms with Gasteiger partial charge in [0.2, 0.25) is 10.0 Å². The van der Waals surface area contributed by atoms with Crippen LogP contribution in [-0.2, 0) is 16.4 Å². The van der Waals surface area contributed by atoms with E-state index in [9.17, 15) is 8.42 Å². The molecule has 6 heteroatoms. The lowest BCUT2D eigenvalue weighted by Gasteiger charge is -2.09. The van der Waals surface area contributed by atoms with E-state index in [0.29, 0.717) is 25.3 Å². The van der Waals surface area contributed by atoms with E-state index in [1.807, 2.05) is 24.3 Å². The number of nitrogen functional groups attached to an aromatic ring is 1. The fraction of sp³-hybridized carbons (Fsp3) is 0.368. The van der Waals surface area contributed by atoms with E-state index in [4.69, 9.17) is 10.5 Å². The van der Waals surface area contributed by atoms with Gasteiger partial charge < -0.3 is 10.5 Å². The zero-order valence-corrected chi connectivity index (χ0v) is 15.4. The zero-order chi connectivity index (χ0) is 18.1. The molecule has 0 aliphatic rings. The van der Waals surface area contributed by atoms with Crippen LogP contribution in [0.4, 0.5) is 5.69 Å². The van der Waals surface area contributed by atoms with E-state index < -0.39 is 10.0 Å². The minimum absolute atomic E-state index is 0.217. The van der Waals surface area contributed by atoms with Crippen molar-refractivity contribution in [2.24, 2.45) is 0 Å². The zero-order valence-electron chi connectivity index (χ0n) is 14.6. The molecule has 136 valence electrons. The van der Waals surface area contributed by atoms with Gasteiger partial charge in [-0.05, 0) is 54.8 Å². The molecule has 5 nitrogen and oxygen atoms in total. The van der Waals surface area contributed by atoms with Crippen LogP contribution >= 0.6 is 0 Å². The van der Waals surface area contributed by atoms with E-state index in [2.05, 4.69) is 11.6 Å². The highest BCUT2D eigenvalue weighted by atomic mass is 32.2. The smallest absolute Gasteiger partial charge is 0.240 e. The molecule has 0 aliphatic carbocycles. The van der Waals surface area contributed by atoms with E-state index in [0.717, 1.165) is 30.6 Å². The molecule has 0 amide bonds. The van der Waals surface area contributed by atoms with Gasteiger partial charge in [0.15, 0.2) is 0 Å². The Kier molecular flexibility index (Phi) is 7.28. The fourth-order valence-electron chi connectivity index (χ4n) is 2.39. The molecule has 25 heavy (non-hydrogen) atoms. The van der Waals surface area contributed by atoms with Gasteiger partial charge >= 0.3 is 0 Å². The number of anilines is 1. The van der Waals surface area contributed by atoms with E-state index in [1.54, 1.807) is 12.1 Å². The second-order valence-corrected chi connectivity index (χ2v) is 7.69. The van der Waals surface area contributed by atoms with E-state index in [1.165, 1.54) is 12.1 Å². The first kappa shape index (κ1) is 19.3. The van der Waals surface area contributed by atoms with Gasteiger partial charge in [-0.15, -0.1) is 0 Å². The Morgan fingerprint density at radius 1 is 1.08 bits per heavy atom.